The van der Waals surface area contributed by atoms with Gasteiger partial charge in [0.15, 0.2) is 11.5 Å². The van der Waals surface area contributed by atoms with Crippen LogP contribution in [0.25, 0.3) is 0 Å². The van der Waals surface area contributed by atoms with Crippen molar-refractivity contribution in [2.45, 2.75) is 6.42 Å². The van der Waals surface area contributed by atoms with Gasteiger partial charge < -0.3 is 15.2 Å². The summed E-state index contributed by atoms with van der Waals surface area (Å²) in [5.41, 5.74) is 8.05. The molecule has 0 atom stereocenters. The Bertz CT molecular complexity index is 396. The average Bonchev–Trinajstić information content (AvgIpc) is 2.32. The zero-order valence-electron chi connectivity index (χ0n) is 9.58. The van der Waals surface area contributed by atoms with Crippen LogP contribution in [0.2, 0.25) is 0 Å². The fourth-order valence-corrected chi connectivity index (χ4v) is 2.07. The van der Waals surface area contributed by atoms with Gasteiger partial charge in [0, 0.05) is 5.54 Å². The minimum absolute atomic E-state index is 0.398. The zero-order valence-corrected chi connectivity index (χ0v) is 11.9. The third kappa shape index (κ3) is 4.22. The first-order valence-corrected chi connectivity index (χ1v) is 6.40. The van der Waals surface area contributed by atoms with E-state index in [2.05, 4.69) is 15.9 Å². The quantitative estimate of drug-likeness (QED) is 0.876. The molecular formula is C12H15BrClNO2. The van der Waals surface area contributed by atoms with Crippen LogP contribution in [0.15, 0.2) is 28.2 Å². The lowest BCUT2D eigenvalue weighted by molar-refractivity contribution is 0.324. The SMILES string of the molecule is COc1cc(CCN)cc(Br)c1OC/C=C/Cl. The van der Waals surface area contributed by atoms with Gasteiger partial charge in [-0.05, 0) is 52.7 Å². The summed E-state index contributed by atoms with van der Waals surface area (Å²) in [6.07, 6.45) is 2.51. The van der Waals surface area contributed by atoms with Crippen molar-refractivity contribution >= 4 is 27.5 Å². The molecule has 0 fully saturated rings. The highest BCUT2D eigenvalue weighted by atomic mass is 79.9. The van der Waals surface area contributed by atoms with Crippen LogP contribution in [-0.2, 0) is 6.42 Å². The summed E-state index contributed by atoms with van der Waals surface area (Å²) in [4.78, 5) is 0. The lowest BCUT2D eigenvalue weighted by Gasteiger charge is -2.13. The Balaban J connectivity index is 2.94. The molecule has 94 valence electrons. The number of benzene rings is 1. The molecule has 1 rings (SSSR count). The Kier molecular flexibility index (Phi) is 6.40. The number of hydrogen-bond acceptors (Lipinski definition) is 3. The Labute approximate surface area is 115 Å². The van der Waals surface area contributed by atoms with E-state index in [0.717, 1.165) is 16.5 Å². The molecule has 0 amide bonds. The number of hydrogen-bond donors (Lipinski definition) is 1. The lowest BCUT2D eigenvalue weighted by Crippen LogP contribution is -2.04. The first kappa shape index (κ1) is 14.4. The Hall–Kier alpha value is -0.710. The van der Waals surface area contributed by atoms with Crippen LogP contribution >= 0.6 is 27.5 Å². The van der Waals surface area contributed by atoms with Crippen molar-refractivity contribution in [3.05, 3.63) is 33.8 Å². The molecule has 0 aliphatic carbocycles. The van der Waals surface area contributed by atoms with E-state index in [1.54, 1.807) is 13.2 Å². The van der Waals surface area contributed by atoms with Crippen molar-refractivity contribution in [3.63, 3.8) is 0 Å². The molecule has 0 aromatic heterocycles. The van der Waals surface area contributed by atoms with Gasteiger partial charge in [0.1, 0.15) is 6.61 Å². The van der Waals surface area contributed by atoms with E-state index in [9.17, 15) is 0 Å². The minimum Gasteiger partial charge on any atom is -0.493 e. The third-order valence-corrected chi connectivity index (χ3v) is 2.90. The molecule has 17 heavy (non-hydrogen) atoms. The van der Waals surface area contributed by atoms with Gasteiger partial charge in [0.2, 0.25) is 0 Å². The van der Waals surface area contributed by atoms with Crippen LogP contribution in [0.1, 0.15) is 5.56 Å². The normalized spacial score (nSPS) is 10.8. The molecule has 5 heteroatoms. The molecule has 0 saturated heterocycles. The van der Waals surface area contributed by atoms with Gasteiger partial charge in [0.05, 0.1) is 11.6 Å². The van der Waals surface area contributed by atoms with E-state index in [-0.39, 0.29) is 0 Å². The van der Waals surface area contributed by atoms with Crippen LogP contribution in [0, 0.1) is 0 Å². The predicted octanol–water partition coefficient (Wildman–Crippen LogP) is 3.09. The van der Waals surface area contributed by atoms with E-state index in [0.29, 0.717) is 24.7 Å². The van der Waals surface area contributed by atoms with Crippen molar-refractivity contribution in [3.8, 4) is 11.5 Å². The van der Waals surface area contributed by atoms with Crippen LogP contribution in [0.5, 0.6) is 11.5 Å². The van der Waals surface area contributed by atoms with Crippen molar-refractivity contribution in [2.24, 2.45) is 5.73 Å². The number of halogens is 2. The molecule has 0 aliphatic heterocycles. The molecule has 0 heterocycles. The molecule has 1 aromatic rings. The van der Waals surface area contributed by atoms with E-state index in [1.807, 2.05) is 12.1 Å². The minimum atomic E-state index is 0.398. The molecule has 3 nitrogen and oxygen atoms in total. The lowest BCUT2D eigenvalue weighted by atomic mass is 10.1. The smallest absolute Gasteiger partial charge is 0.175 e. The van der Waals surface area contributed by atoms with Crippen molar-refractivity contribution in [1.82, 2.24) is 0 Å². The molecule has 0 bridgehead atoms. The standard InChI is InChI=1S/C12H15BrClNO2/c1-16-11-8-9(3-5-15)7-10(13)12(11)17-6-2-4-14/h2,4,7-8H,3,5-6,15H2,1H3/b4-2+. The van der Waals surface area contributed by atoms with E-state index >= 15 is 0 Å². The van der Waals surface area contributed by atoms with Gasteiger partial charge in [-0.3, -0.25) is 0 Å². The van der Waals surface area contributed by atoms with Gasteiger partial charge in [0.25, 0.3) is 0 Å². The Morgan fingerprint density at radius 2 is 2.24 bits per heavy atom. The maximum Gasteiger partial charge on any atom is 0.175 e. The Morgan fingerprint density at radius 3 is 2.82 bits per heavy atom. The summed E-state index contributed by atoms with van der Waals surface area (Å²) in [6.45, 7) is 0.999. The van der Waals surface area contributed by atoms with Crippen LogP contribution in [-0.4, -0.2) is 20.3 Å². The van der Waals surface area contributed by atoms with Crippen molar-refractivity contribution in [1.29, 1.82) is 0 Å². The maximum atomic E-state index is 5.56. The van der Waals surface area contributed by atoms with Crippen LogP contribution in [0.3, 0.4) is 0 Å². The second-order valence-electron chi connectivity index (χ2n) is 3.32. The molecular weight excluding hydrogens is 305 g/mol. The molecule has 2 N–H and O–H groups in total. The second-order valence-corrected chi connectivity index (χ2v) is 4.43. The van der Waals surface area contributed by atoms with Crippen molar-refractivity contribution < 1.29 is 9.47 Å². The van der Waals surface area contributed by atoms with Gasteiger partial charge in [-0.15, -0.1) is 0 Å². The highest BCUT2D eigenvalue weighted by molar-refractivity contribution is 9.10. The summed E-state index contributed by atoms with van der Waals surface area (Å²) >= 11 is 8.89. The first-order chi connectivity index (χ1) is 8.22. The highest BCUT2D eigenvalue weighted by Gasteiger charge is 2.10. The van der Waals surface area contributed by atoms with E-state index < -0.39 is 0 Å². The molecule has 0 saturated carbocycles. The van der Waals surface area contributed by atoms with Crippen LogP contribution in [0.4, 0.5) is 0 Å². The third-order valence-electron chi connectivity index (χ3n) is 2.14. The predicted molar refractivity (Wildman–Crippen MR) is 73.9 cm³/mol. The fraction of sp³-hybridized carbons (Fsp3) is 0.333. The summed E-state index contributed by atoms with van der Waals surface area (Å²) in [5.74, 6) is 1.36. The number of methoxy groups -OCH3 is 1. The van der Waals surface area contributed by atoms with Crippen LogP contribution < -0.4 is 15.2 Å². The second kappa shape index (κ2) is 7.58. The van der Waals surface area contributed by atoms with Gasteiger partial charge >= 0.3 is 0 Å². The van der Waals surface area contributed by atoms with E-state index in [4.69, 9.17) is 26.8 Å². The molecule has 0 aliphatic rings. The van der Waals surface area contributed by atoms with E-state index in [1.165, 1.54) is 5.54 Å². The number of ether oxygens (including phenoxy) is 2. The Morgan fingerprint density at radius 1 is 1.47 bits per heavy atom. The van der Waals surface area contributed by atoms with Gasteiger partial charge in [-0.2, -0.15) is 0 Å². The largest absolute Gasteiger partial charge is 0.493 e. The fourth-order valence-electron chi connectivity index (χ4n) is 1.39. The monoisotopic (exact) mass is 319 g/mol. The summed E-state index contributed by atoms with van der Waals surface area (Å²) < 4.78 is 11.7. The summed E-state index contributed by atoms with van der Waals surface area (Å²) in [5, 5.41) is 0. The summed E-state index contributed by atoms with van der Waals surface area (Å²) in [6, 6.07) is 3.91. The first-order valence-electron chi connectivity index (χ1n) is 5.17. The van der Waals surface area contributed by atoms with Crippen molar-refractivity contribution in [2.75, 3.05) is 20.3 Å². The average molecular weight is 321 g/mol. The zero-order chi connectivity index (χ0) is 12.7. The van der Waals surface area contributed by atoms with Gasteiger partial charge in [-0.25, -0.2) is 0 Å². The molecule has 1 aromatic carbocycles. The number of rotatable bonds is 6. The molecule has 0 spiro atoms. The molecule has 0 radical (unpaired) electrons. The molecule has 0 unspecified atom stereocenters. The van der Waals surface area contributed by atoms with Gasteiger partial charge in [-0.1, -0.05) is 11.6 Å². The topological polar surface area (TPSA) is 44.5 Å². The summed E-state index contributed by atoms with van der Waals surface area (Å²) in [7, 11) is 1.61. The highest BCUT2D eigenvalue weighted by Crippen LogP contribution is 2.36. The number of nitrogens with two attached hydrogens (primary N) is 1. The maximum absolute atomic E-state index is 5.56.